The van der Waals surface area contributed by atoms with Crippen LogP contribution in [0.5, 0.6) is 0 Å². The van der Waals surface area contributed by atoms with Gasteiger partial charge < -0.3 is 5.73 Å². The zero-order valence-corrected chi connectivity index (χ0v) is 7.72. The molecule has 0 bridgehead atoms. The first-order chi connectivity index (χ1) is 4.63. The Balaban J connectivity index is 3.80. The Hall–Kier alpha value is -0.0400. The van der Waals surface area contributed by atoms with Crippen molar-refractivity contribution in [2.24, 2.45) is 17.6 Å². The van der Waals surface area contributed by atoms with Crippen molar-refractivity contribution in [2.75, 3.05) is 0 Å². The minimum Gasteiger partial charge on any atom is -0.328 e. The molecule has 0 rings (SSSR count). The highest BCUT2D eigenvalue weighted by molar-refractivity contribution is 4.71. The van der Waals surface area contributed by atoms with Gasteiger partial charge in [-0.2, -0.15) is 0 Å². The van der Waals surface area contributed by atoms with E-state index < -0.39 is 0 Å². The summed E-state index contributed by atoms with van der Waals surface area (Å²) < 4.78 is 0. The highest BCUT2D eigenvalue weighted by atomic mass is 14.6. The van der Waals surface area contributed by atoms with Crippen molar-refractivity contribution in [2.45, 2.75) is 46.6 Å². The number of hydrogen-bond acceptors (Lipinski definition) is 1. The predicted octanol–water partition coefficient (Wildman–Crippen LogP) is 2.41. The average molecular weight is 143 g/mol. The summed E-state index contributed by atoms with van der Waals surface area (Å²) in [5, 5.41) is 0. The van der Waals surface area contributed by atoms with Crippen LogP contribution < -0.4 is 5.73 Å². The van der Waals surface area contributed by atoms with Crippen molar-refractivity contribution in [1.29, 1.82) is 0 Å². The van der Waals surface area contributed by atoms with Gasteiger partial charge in [0.1, 0.15) is 0 Å². The molecule has 0 heterocycles. The minimum atomic E-state index is 0.361. The fourth-order valence-electron chi connectivity index (χ4n) is 1.60. The maximum atomic E-state index is 5.82. The zero-order valence-electron chi connectivity index (χ0n) is 7.72. The summed E-state index contributed by atoms with van der Waals surface area (Å²) in [6.07, 6.45) is 2.46. The van der Waals surface area contributed by atoms with Gasteiger partial charge in [-0.3, -0.25) is 0 Å². The SMILES string of the molecule is CCC(C)C(CC)C(C)N. The van der Waals surface area contributed by atoms with Gasteiger partial charge in [-0.05, 0) is 18.8 Å². The van der Waals surface area contributed by atoms with Crippen LogP contribution in [-0.4, -0.2) is 6.04 Å². The summed E-state index contributed by atoms with van der Waals surface area (Å²) in [7, 11) is 0. The van der Waals surface area contributed by atoms with Crippen LogP contribution in [0.1, 0.15) is 40.5 Å². The monoisotopic (exact) mass is 143 g/mol. The first-order valence-electron chi connectivity index (χ1n) is 4.39. The van der Waals surface area contributed by atoms with E-state index in [2.05, 4.69) is 27.7 Å². The number of nitrogens with two attached hydrogens (primary N) is 1. The van der Waals surface area contributed by atoms with Gasteiger partial charge in [-0.1, -0.05) is 33.6 Å². The lowest BCUT2D eigenvalue weighted by Crippen LogP contribution is -2.30. The molecule has 0 amide bonds. The fourth-order valence-corrected chi connectivity index (χ4v) is 1.60. The highest BCUT2D eigenvalue weighted by Crippen LogP contribution is 2.20. The van der Waals surface area contributed by atoms with Crippen molar-refractivity contribution >= 4 is 0 Å². The van der Waals surface area contributed by atoms with Crippen LogP contribution in [0.4, 0.5) is 0 Å². The quantitative estimate of drug-likeness (QED) is 0.642. The Morgan fingerprint density at radius 3 is 1.70 bits per heavy atom. The second-order valence-corrected chi connectivity index (χ2v) is 3.32. The van der Waals surface area contributed by atoms with E-state index in [0.29, 0.717) is 12.0 Å². The van der Waals surface area contributed by atoms with Gasteiger partial charge in [-0.25, -0.2) is 0 Å². The van der Waals surface area contributed by atoms with Crippen LogP contribution in [0.3, 0.4) is 0 Å². The van der Waals surface area contributed by atoms with E-state index >= 15 is 0 Å². The van der Waals surface area contributed by atoms with E-state index in [1.165, 1.54) is 12.8 Å². The van der Waals surface area contributed by atoms with E-state index in [0.717, 1.165) is 5.92 Å². The summed E-state index contributed by atoms with van der Waals surface area (Å²) in [6, 6.07) is 0.361. The molecule has 1 heteroatoms. The molecule has 0 aliphatic rings. The van der Waals surface area contributed by atoms with Crippen LogP contribution >= 0.6 is 0 Å². The number of hydrogen-bond donors (Lipinski definition) is 1. The largest absolute Gasteiger partial charge is 0.328 e. The van der Waals surface area contributed by atoms with E-state index in [9.17, 15) is 0 Å². The molecule has 0 spiro atoms. The van der Waals surface area contributed by atoms with Gasteiger partial charge >= 0.3 is 0 Å². The Labute approximate surface area is 65.0 Å². The van der Waals surface area contributed by atoms with E-state index in [1.54, 1.807) is 0 Å². The van der Waals surface area contributed by atoms with Crippen LogP contribution in [0.25, 0.3) is 0 Å². The molecule has 0 saturated carbocycles. The van der Waals surface area contributed by atoms with Crippen LogP contribution in [-0.2, 0) is 0 Å². The average Bonchev–Trinajstić information content (AvgIpc) is 1.88. The van der Waals surface area contributed by atoms with Crippen molar-refractivity contribution < 1.29 is 0 Å². The van der Waals surface area contributed by atoms with Gasteiger partial charge in [0.2, 0.25) is 0 Å². The predicted molar refractivity (Wildman–Crippen MR) is 46.9 cm³/mol. The summed E-state index contributed by atoms with van der Waals surface area (Å²) >= 11 is 0. The highest BCUT2D eigenvalue weighted by Gasteiger charge is 2.16. The minimum absolute atomic E-state index is 0.361. The normalized spacial score (nSPS) is 20.1. The maximum absolute atomic E-state index is 5.82. The van der Waals surface area contributed by atoms with E-state index in [4.69, 9.17) is 5.73 Å². The third-order valence-corrected chi connectivity index (χ3v) is 2.52. The van der Waals surface area contributed by atoms with Gasteiger partial charge in [-0.15, -0.1) is 0 Å². The molecule has 0 aromatic heterocycles. The second kappa shape index (κ2) is 4.73. The first-order valence-corrected chi connectivity index (χ1v) is 4.39. The molecule has 0 saturated heterocycles. The molecule has 3 atom stereocenters. The molecule has 0 aromatic rings. The third kappa shape index (κ3) is 2.70. The van der Waals surface area contributed by atoms with Gasteiger partial charge in [0.25, 0.3) is 0 Å². The second-order valence-electron chi connectivity index (χ2n) is 3.32. The Kier molecular flexibility index (Phi) is 4.71. The van der Waals surface area contributed by atoms with Crippen molar-refractivity contribution in [3.05, 3.63) is 0 Å². The topological polar surface area (TPSA) is 26.0 Å². The smallest absolute Gasteiger partial charge is 0.00412 e. The first kappa shape index (κ1) is 9.96. The molecular formula is C9H21N. The zero-order chi connectivity index (χ0) is 8.15. The summed E-state index contributed by atoms with van der Waals surface area (Å²) in [6.45, 7) is 8.85. The van der Waals surface area contributed by atoms with Gasteiger partial charge in [0.15, 0.2) is 0 Å². The Morgan fingerprint density at radius 1 is 1.10 bits per heavy atom. The lowest BCUT2D eigenvalue weighted by atomic mass is 9.85. The van der Waals surface area contributed by atoms with Crippen LogP contribution in [0, 0.1) is 11.8 Å². The van der Waals surface area contributed by atoms with Crippen molar-refractivity contribution in [1.82, 2.24) is 0 Å². The van der Waals surface area contributed by atoms with Gasteiger partial charge in [0, 0.05) is 6.04 Å². The van der Waals surface area contributed by atoms with Crippen molar-refractivity contribution in [3.63, 3.8) is 0 Å². The molecule has 0 aliphatic carbocycles. The molecule has 3 unspecified atom stereocenters. The third-order valence-electron chi connectivity index (χ3n) is 2.52. The maximum Gasteiger partial charge on any atom is 0.00412 e. The van der Waals surface area contributed by atoms with E-state index in [-0.39, 0.29) is 0 Å². The van der Waals surface area contributed by atoms with Crippen LogP contribution in [0.2, 0.25) is 0 Å². The fraction of sp³-hybridized carbons (Fsp3) is 1.00. The molecule has 0 radical (unpaired) electrons. The summed E-state index contributed by atoms with van der Waals surface area (Å²) in [5.41, 5.74) is 5.82. The molecule has 0 fully saturated rings. The standard InChI is InChI=1S/C9H21N/c1-5-7(3)9(6-2)8(4)10/h7-9H,5-6,10H2,1-4H3. The Bertz CT molecular complexity index is 78.8. The molecule has 1 nitrogen and oxygen atoms in total. The molecule has 62 valence electrons. The van der Waals surface area contributed by atoms with Gasteiger partial charge in [0.05, 0.1) is 0 Å². The molecular weight excluding hydrogens is 122 g/mol. The molecule has 2 N–H and O–H groups in total. The summed E-state index contributed by atoms with van der Waals surface area (Å²) in [5.74, 6) is 1.50. The van der Waals surface area contributed by atoms with Crippen molar-refractivity contribution in [3.8, 4) is 0 Å². The lowest BCUT2D eigenvalue weighted by molar-refractivity contribution is 0.294. The molecule has 10 heavy (non-hydrogen) atoms. The number of rotatable bonds is 4. The summed E-state index contributed by atoms with van der Waals surface area (Å²) in [4.78, 5) is 0. The Morgan fingerprint density at radius 2 is 1.60 bits per heavy atom. The van der Waals surface area contributed by atoms with E-state index in [1.807, 2.05) is 0 Å². The lowest BCUT2D eigenvalue weighted by Gasteiger charge is -2.24. The van der Waals surface area contributed by atoms with Crippen LogP contribution in [0.15, 0.2) is 0 Å². The molecule has 0 aliphatic heterocycles. The molecule has 0 aromatic carbocycles.